The van der Waals surface area contributed by atoms with Gasteiger partial charge < -0.3 is 27.8 Å². The van der Waals surface area contributed by atoms with Crippen LogP contribution < -0.4 is 27.8 Å². The first-order chi connectivity index (χ1) is 12.9. The number of nitrogens with two attached hydrogens (primary N) is 3. The minimum absolute atomic E-state index is 0.0481. The molecule has 9 nitrogen and oxygen atoms in total. The van der Waals surface area contributed by atoms with Gasteiger partial charge in [-0.15, -0.1) is 0 Å². The van der Waals surface area contributed by atoms with Gasteiger partial charge in [0.05, 0.1) is 17.0 Å². The molecule has 0 aliphatic carbocycles. The largest absolute Gasteiger partial charge is 0.403 e. The van der Waals surface area contributed by atoms with Crippen LogP contribution in [0.5, 0.6) is 0 Å². The Morgan fingerprint density at radius 1 is 1.30 bits per heavy atom. The highest BCUT2D eigenvalue weighted by molar-refractivity contribution is 5.99. The Bertz CT molecular complexity index is 871. The van der Waals surface area contributed by atoms with Crippen molar-refractivity contribution in [3.63, 3.8) is 0 Å². The third-order valence-corrected chi connectivity index (χ3v) is 3.66. The van der Waals surface area contributed by atoms with Crippen LogP contribution in [0.15, 0.2) is 36.7 Å². The van der Waals surface area contributed by atoms with Crippen LogP contribution in [0, 0.1) is 5.82 Å². The predicted octanol–water partition coefficient (Wildman–Crippen LogP) is 0.760. The molecule has 0 fully saturated rings. The lowest BCUT2D eigenvalue weighted by Gasteiger charge is -2.17. The Morgan fingerprint density at radius 3 is 2.56 bits per heavy atom. The topological polar surface area (TPSA) is 162 Å². The maximum Gasteiger partial charge on any atom is 0.252 e. The molecule has 1 atom stereocenters. The van der Waals surface area contributed by atoms with Crippen LogP contribution in [0.4, 0.5) is 16.0 Å². The molecular weight excluding hydrogens is 353 g/mol. The second-order valence-electron chi connectivity index (χ2n) is 5.51. The van der Waals surface area contributed by atoms with E-state index in [2.05, 4.69) is 20.6 Å². The summed E-state index contributed by atoms with van der Waals surface area (Å²) in [7, 11) is 0. The smallest absolute Gasteiger partial charge is 0.252 e. The van der Waals surface area contributed by atoms with Crippen molar-refractivity contribution in [3.8, 4) is 0 Å². The second kappa shape index (κ2) is 8.61. The zero-order valence-corrected chi connectivity index (χ0v) is 14.6. The quantitative estimate of drug-likeness (QED) is 0.456. The van der Waals surface area contributed by atoms with E-state index in [-0.39, 0.29) is 17.2 Å². The van der Waals surface area contributed by atoms with Gasteiger partial charge in [0.2, 0.25) is 5.91 Å². The summed E-state index contributed by atoms with van der Waals surface area (Å²) >= 11 is 0. The highest BCUT2D eigenvalue weighted by atomic mass is 19.1. The molecule has 27 heavy (non-hydrogen) atoms. The Morgan fingerprint density at radius 2 is 2.04 bits per heavy atom. The molecule has 2 aromatic heterocycles. The fraction of sp³-hybridized carbons (Fsp3) is 0.176. The molecule has 2 amide bonds. The molecule has 0 spiro atoms. The fourth-order valence-corrected chi connectivity index (χ4v) is 2.25. The number of rotatable bonds is 8. The van der Waals surface area contributed by atoms with Crippen LogP contribution in [0.25, 0.3) is 5.70 Å². The molecule has 0 aromatic carbocycles. The van der Waals surface area contributed by atoms with Crippen LogP contribution in [0.3, 0.4) is 0 Å². The standard InChI is InChI=1S/C17H20FN7O2/c1-2-11(15(21)27)23-17-10(18)7-9(14(20)26)16(25-17)24-13(8-19)12-5-3-4-6-22-12/h3-8,11H,2,19H2,1H3,(H2,20,26)(H2,21,27)(H2,23,24,25)/t11-/m1/s1. The van der Waals surface area contributed by atoms with Crippen molar-refractivity contribution in [3.05, 3.63) is 53.7 Å². The van der Waals surface area contributed by atoms with Gasteiger partial charge in [0, 0.05) is 12.4 Å². The lowest BCUT2D eigenvalue weighted by molar-refractivity contribution is -0.118. The third kappa shape index (κ3) is 4.69. The van der Waals surface area contributed by atoms with E-state index < -0.39 is 23.7 Å². The van der Waals surface area contributed by atoms with E-state index in [9.17, 15) is 14.0 Å². The van der Waals surface area contributed by atoms with E-state index in [1.807, 2.05) is 0 Å². The summed E-state index contributed by atoms with van der Waals surface area (Å²) in [6.45, 7) is 1.70. The van der Waals surface area contributed by atoms with Crippen LogP contribution in [0.1, 0.15) is 29.4 Å². The number of anilines is 2. The number of aromatic nitrogens is 2. The van der Waals surface area contributed by atoms with Gasteiger partial charge in [-0.2, -0.15) is 0 Å². The molecule has 8 N–H and O–H groups in total. The van der Waals surface area contributed by atoms with E-state index in [1.54, 1.807) is 31.3 Å². The molecule has 10 heteroatoms. The van der Waals surface area contributed by atoms with Crippen LogP contribution in [-0.2, 0) is 4.79 Å². The van der Waals surface area contributed by atoms with Crippen molar-refractivity contribution >= 4 is 29.1 Å². The molecular formula is C17H20FN7O2. The van der Waals surface area contributed by atoms with Gasteiger partial charge in [0.1, 0.15) is 11.9 Å². The minimum atomic E-state index is -0.894. The average Bonchev–Trinajstić information content (AvgIpc) is 2.65. The molecule has 0 aliphatic rings. The number of hydrogen-bond acceptors (Lipinski definition) is 7. The highest BCUT2D eigenvalue weighted by Crippen LogP contribution is 2.24. The zero-order valence-electron chi connectivity index (χ0n) is 14.6. The molecule has 2 rings (SSSR count). The first kappa shape index (κ1) is 19.6. The van der Waals surface area contributed by atoms with Gasteiger partial charge in [-0.1, -0.05) is 13.0 Å². The first-order valence-corrected chi connectivity index (χ1v) is 8.03. The lowest BCUT2D eigenvalue weighted by atomic mass is 10.2. The summed E-state index contributed by atoms with van der Waals surface area (Å²) in [6, 6.07) is 5.23. The van der Waals surface area contributed by atoms with Gasteiger partial charge in [0.15, 0.2) is 11.6 Å². The van der Waals surface area contributed by atoms with Crippen molar-refractivity contribution < 1.29 is 14.0 Å². The maximum atomic E-state index is 14.3. The summed E-state index contributed by atoms with van der Waals surface area (Å²) in [4.78, 5) is 31.3. The van der Waals surface area contributed by atoms with Gasteiger partial charge in [0.25, 0.3) is 5.91 Å². The molecule has 0 aliphatic heterocycles. The number of primary amides is 2. The highest BCUT2D eigenvalue weighted by Gasteiger charge is 2.20. The molecule has 142 valence electrons. The number of nitrogens with one attached hydrogen (secondary N) is 2. The van der Waals surface area contributed by atoms with Gasteiger partial charge in [-0.3, -0.25) is 14.6 Å². The predicted molar refractivity (Wildman–Crippen MR) is 99.6 cm³/mol. The Balaban J connectivity index is 2.45. The van der Waals surface area contributed by atoms with E-state index >= 15 is 0 Å². The maximum absolute atomic E-state index is 14.3. The Kier molecular flexibility index (Phi) is 6.26. The van der Waals surface area contributed by atoms with Crippen LogP contribution in [0.2, 0.25) is 0 Å². The molecule has 0 saturated heterocycles. The van der Waals surface area contributed by atoms with Crippen molar-refractivity contribution in [2.24, 2.45) is 17.2 Å². The number of carbonyl (C=O) groups is 2. The van der Waals surface area contributed by atoms with Crippen molar-refractivity contribution in [2.75, 3.05) is 10.6 Å². The minimum Gasteiger partial charge on any atom is -0.403 e. The third-order valence-electron chi connectivity index (χ3n) is 3.66. The van der Waals surface area contributed by atoms with Gasteiger partial charge in [-0.05, 0) is 24.6 Å². The van der Waals surface area contributed by atoms with Crippen LogP contribution in [-0.4, -0.2) is 27.8 Å². The van der Waals surface area contributed by atoms with Crippen molar-refractivity contribution in [1.29, 1.82) is 0 Å². The van der Waals surface area contributed by atoms with Crippen molar-refractivity contribution in [2.45, 2.75) is 19.4 Å². The molecule has 0 unspecified atom stereocenters. The summed E-state index contributed by atoms with van der Waals surface area (Å²) in [5.74, 6) is -2.72. The number of pyridine rings is 2. The number of amides is 2. The molecule has 2 aromatic rings. The molecule has 0 bridgehead atoms. The number of hydrogen-bond donors (Lipinski definition) is 5. The SMILES string of the molecule is CC[C@@H](Nc1nc(NC(=CN)c2ccccn2)c(C(N)=O)cc1F)C(N)=O. The number of carbonyl (C=O) groups excluding carboxylic acids is 2. The summed E-state index contributed by atoms with van der Waals surface area (Å²) < 4.78 is 14.3. The van der Waals surface area contributed by atoms with E-state index in [1.165, 1.54) is 6.20 Å². The normalized spacial score (nSPS) is 12.3. The summed E-state index contributed by atoms with van der Waals surface area (Å²) in [6.07, 6.45) is 3.10. The molecule has 2 heterocycles. The first-order valence-electron chi connectivity index (χ1n) is 8.03. The van der Waals surface area contributed by atoms with Gasteiger partial charge in [-0.25, -0.2) is 9.37 Å². The van der Waals surface area contributed by atoms with E-state index in [4.69, 9.17) is 17.2 Å². The zero-order chi connectivity index (χ0) is 20.0. The second-order valence-corrected chi connectivity index (χ2v) is 5.51. The van der Waals surface area contributed by atoms with Crippen molar-refractivity contribution in [1.82, 2.24) is 9.97 Å². The molecule has 0 saturated carbocycles. The molecule has 0 radical (unpaired) electrons. The van der Waals surface area contributed by atoms with E-state index in [0.29, 0.717) is 17.8 Å². The summed E-state index contributed by atoms with van der Waals surface area (Å²) in [5.41, 5.74) is 16.8. The van der Waals surface area contributed by atoms with Gasteiger partial charge >= 0.3 is 0 Å². The Hall–Kier alpha value is -3.69. The average molecular weight is 373 g/mol. The lowest BCUT2D eigenvalue weighted by Crippen LogP contribution is -2.35. The Labute approximate surface area is 154 Å². The van der Waals surface area contributed by atoms with Crippen LogP contribution >= 0.6 is 0 Å². The number of nitrogens with zero attached hydrogens (tertiary/aromatic N) is 2. The fourth-order valence-electron chi connectivity index (χ4n) is 2.25. The number of halogens is 1. The monoisotopic (exact) mass is 373 g/mol. The summed E-state index contributed by atoms with van der Waals surface area (Å²) in [5, 5.41) is 5.44. The van der Waals surface area contributed by atoms with E-state index in [0.717, 1.165) is 6.07 Å².